The third kappa shape index (κ3) is 12.2. The Bertz CT molecular complexity index is 664. The standard InChI is InChI=1S/C19H35N5O6S2/c1-10(2)8-13(17(27)22-12(19(29)30)6-7-32-3)23-18(28)14(9-31)24-16(26)11(20)4-5-15(21)25/h10-14,31H,4-9,20H2,1-3H3,(H2,21,25)(H,22,27)(H,23,28)(H,24,26)(H,29,30). The van der Waals surface area contributed by atoms with E-state index in [1.165, 1.54) is 11.8 Å². The van der Waals surface area contributed by atoms with E-state index in [2.05, 4.69) is 28.6 Å². The van der Waals surface area contributed by atoms with Crippen molar-refractivity contribution < 1.29 is 29.1 Å². The fourth-order valence-electron chi connectivity index (χ4n) is 2.64. The maximum atomic E-state index is 12.7. The summed E-state index contributed by atoms with van der Waals surface area (Å²) in [5.41, 5.74) is 10.8. The summed E-state index contributed by atoms with van der Waals surface area (Å²) >= 11 is 5.53. The van der Waals surface area contributed by atoms with Crippen LogP contribution in [0.4, 0.5) is 0 Å². The monoisotopic (exact) mass is 493 g/mol. The third-order valence-electron chi connectivity index (χ3n) is 4.42. The number of hydrogen-bond donors (Lipinski definition) is 7. The van der Waals surface area contributed by atoms with Crippen LogP contribution < -0.4 is 27.4 Å². The average Bonchev–Trinajstić information content (AvgIpc) is 2.71. The molecule has 0 aliphatic heterocycles. The molecule has 4 amide bonds. The second-order valence-corrected chi connectivity index (χ2v) is 9.08. The number of rotatable bonds is 16. The number of carbonyl (C=O) groups excluding carboxylic acids is 4. The molecule has 0 spiro atoms. The number of hydrogen-bond acceptors (Lipinski definition) is 8. The van der Waals surface area contributed by atoms with Gasteiger partial charge < -0.3 is 32.5 Å². The molecule has 0 aliphatic rings. The van der Waals surface area contributed by atoms with Crippen LogP contribution in [0, 0.1) is 5.92 Å². The van der Waals surface area contributed by atoms with Crippen molar-refractivity contribution in [1.29, 1.82) is 0 Å². The first kappa shape index (κ1) is 30.0. The van der Waals surface area contributed by atoms with E-state index >= 15 is 0 Å². The molecule has 0 rings (SSSR count). The molecular weight excluding hydrogens is 458 g/mol. The zero-order valence-corrected chi connectivity index (χ0v) is 20.3. The maximum Gasteiger partial charge on any atom is 0.326 e. The van der Waals surface area contributed by atoms with Crippen molar-refractivity contribution in [3.8, 4) is 0 Å². The molecule has 0 saturated heterocycles. The Morgan fingerprint density at radius 1 is 0.938 bits per heavy atom. The van der Waals surface area contributed by atoms with Crippen LogP contribution >= 0.6 is 24.4 Å². The first-order chi connectivity index (χ1) is 14.9. The number of thioether (sulfide) groups is 1. The van der Waals surface area contributed by atoms with Crippen LogP contribution in [0.25, 0.3) is 0 Å². The Morgan fingerprint density at radius 3 is 1.94 bits per heavy atom. The lowest BCUT2D eigenvalue weighted by Crippen LogP contribution is -2.58. The SMILES string of the molecule is CSCCC(NC(=O)C(CC(C)C)NC(=O)C(CS)NC(=O)C(N)CCC(N)=O)C(=O)O. The molecule has 0 heterocycles. The smallest absolute Gasteiger partial charge is 0.326 e. The molecular formula is C19H35N5O6S2. The van der Waals surface area contributed by atoms with Gasteiger partial charge in [-0.15, -0.1) is 0 Å². The quantitative estimate of drug-likeness (QED) is 0.131. The van der Waals surface area contributed by atoms with Gasteiger partial charge in [0, 0.05) is 12.2 Å². The summed E-state index contributed by atoms with van der Waals surface area (Å²) in [4.78, 5) is 59.9. The van der Waals surface area contributed by atoms with Gasteiger partial charge in [-0.2, -0.15) is 24.4 Å². The van der Waals surface area contributed by atoms with Crippen LogP contribution in [0.15, 0.2) is 0 Å². The molecule has 32 heavy (non-hydrogen) atoms. The highest BCUT2D eigenvalue weighted by Crippen LogP contribution is 2.08. The second-order valence-electron chi connectivity index (χ2n) is 7.73. The van der Waals surface area contributed by atoms with Crippen molar-refractivity contribution in [3.05, 3.63) is 0 Å². The summed E-state index contributed by atoms with van der Waals surface area (Å²) in [5, 5.41) is 16.8. The van der Waals surface area contributed by atoms with Crippen LogP contribution in [0.5, 0.6) is 0 Å². The van der Waals surface area contributed by atoms with E-state index < -0.39 is 53.8 Å². The number of nitrogens with two attached hydrogens (primary N) is 2. The first-order valence-corrected chi connectivity index (χ1v) is 12.2. The van der Waals surface area contributed by atoms with Crippen molar-refractivity contribution in [2.45, 2.75) is 63.7 Å². The number of nitrogens with one attached hydrogen (secondary N) is 3. The van der Waals surface area contributed by atoms with Crippen LogP contribution in [0.2, 0.25) is 0 Å². The van der Waals surface area contributed by atoms with Gasteiger partial charge in [0.25, 0.3) is 0 Å². The molecule has 0 radical (unpaired) electrons. The van der Waals surface area contributed by atoms with E-state index in [1.807, 2.05) is 20.1 Å². The number of amides is 4. The molecule has 0 fully saturated rings. The molecule has 0 bridgehead atoms. The molecule has 0 aromatic rings. The van der Waals surface area contributed by atoms with Crippen molar-refractivity contribution in [2.24, 2.45) is 17.4 Å². The van der Waals surface area contributed by atoms with Crippen LogP contribution in [0.3, 0.4) is 0 Å². The Labute approximate surface area is 198 Å². The number of primary amides is 1. The molecule has 0 saturated carbocycles. The van der Waals surface area contributed by atoms with Gasteiger partial charge in [-0.1, -0.05) is 13.8 Å². The van der Waals surface area contributed by atoms with Gasteiger partial charge >= 0.3 is 5.97 Å². The summed E-state index contributed by atoms with van der Waals surface area (Å²) in [7, 11) is 0. The highest BCUT2D eigenvalue weighted by molar-refractivity contribution is 7.98. The minimum Gasteiger partial charge on any atom is -0.480 e. The normalized spacial score (nSPS) is 14.7. The number of thiol groups is 1. The van der Waals surface area contributed by atoms with E-state index in [0.29, 0.717) is 5.75 Å². The van der Waals surface area contributed by atoms with Crippen molar-refractivity contribution in [3.63, 3.8) is 0 Å². The third-order valence-corrected chi connectivity index (χ3v) is 5.43. The summed E-state index contributed by atoms with van der Waals surface area (Å²) in [5.74, 6) is -3.21. The van der Waals surface area contributed by atoms with Gasteiger partial charge in [0.15, 0.2) is 0 Å². The van der Waals surface area contributed by atoms with Crippen molar-refractivity contribution in [1.82, 2.24) is 16.0 Å². The Kier molecular flexibility index (Phi) is 14.8. The summed E-state index contributed by atoms with van der Waals surface area (Å²) in [6.45, 7) is 3.70. The van der Waals surface area contributed by atoms with E-state index in [9.17, 15) is 29.1 Å². The number of carboxylic acid groups (broad SMARTS) is 1. The average molecular weight is 494 g/mol. The lowest BCUT2D eigenvalue weighted by Gasteiger charge is -2.25. The Morgan fingerprint density at radius 2 is 1.47 bits per heavy atom. The molecule has 4 unspecified atom stereocenters. The fourth-order valence-corrected chi connectivity index (χ4v) is 3.37. The number of aliphatic carboxylic acids is 1. The maximum absolute atomic E-state index is 12.7. The van der Waals surface area contributed by atoms with Crippen LogP contribution in [-0.2, 0) is 24.0 Å². The lowest BCUT2D eigenvalue weighted by molar-refractivity contribution is -0.142. The van der Waals surface area contributed by atoms with Gasteiger partial charge in [0.2, 0.25) is 23.6 Å². The minimum absolute atomic E-state index is 0.0202. The van der Waals surface area contributed by atoms with Gasteiger partial charge in [0.05, 0.1) is 6.04 Å². The van der Waals surface area contributed by atoms with Crippen LogP contribution in [-0.4, -0.2) is 76.6 Å². The molecule has 11 nitrogen and oxygen atoms in total. The zero-order chi connectivity index (χ0) is 24.8. The fraction of sp³-hybridized carbons (Fsp3) is 0.737. The van der Waals surface area contributed by atoms with Gasteiger partial charge in [-0.05, 0) is 37.2 Å². The van der Waals surface area contributed by atoms with E-state index in [1.54, 1.807) is 0 Å². The largest absolute Gasteiger partial charge is 0.480 e. The topological polar surface area (TPSA) is 194 Å². The summed E-state index contributed by atoms with van der Waals surface area (Å²) < 4.78 is 0. The van der Waals surface area contributed by atoms with Crippen molar-refractivity contribution >= 4 is 54.0 Å². The lowest BCUT2D eigenvalue weighted by atomic mass is 10.0. The molecule has 4 atom stereocenters. The number of carboxylic acids is 1. The van der Waals surface area contributed by atoms with Crippen molar-refractivity contribution in [2.75, 3.05) is 17.8 Å². The molecule has 0 aromatic carbocycles. The van der Waals surface area contributed by atoms with Gasteiger partial charge in [0.1, 0.15) is 18.1 Å². The highest BCUT2D eigenvalue weighted by atomic mass is 32.2. The summed E-state index contributed by atoms with van der Waals surface area (Å²) in [6.07, 6.45) is 2.27. The highest BCUT2D eigenvalue weighted by Gasteiger charge is 2.30. The molecule has 0 aromatic heterocycles. The van der Waals surface area contributed by atoms with Gasteiger partial charge in [-0.3, -0.25) is 19.2 Å². The molecule has 0 aliphatic carbocycles. The second kappa shape index (κ2) is 15.8. The molecule has 184 valence electrons. The van der Waals surface area contributed by atoms with Crippen LogP contribution in [0.1, 0.15) is 39.5 Å². The zero-order valence-electron chi connectivity index (χ0n) is 18.6. The Balaban J connectivity index is 5.19. The minimum atomic E-state index is -1.16. The predicted octanol–water partition coefficient (Wildman–Crippen LogP) is -1.15. The first-order valence-electron chi connectivity index (χ1n) is 10.2. The van der Waals surface area contributed by atoms with E-state index in [-0.39, 0.29) is 37.4 Å². The predicted molar refractivity (Wildman–Crippen MR) is 126 cm³/mol. The molecule has 8 N–H and O–H groups in total. The summed E-state index contributed by atoms with van der Waals surface area (Å²) in [6, 6.07) is -4.20. The molecule has 13 heteroatoms. The van der Waals surface area contributed by atoms with Gasteiger partial charge in [-0.25, -0.2) is 4.79 Å². The number of carbonyl (C=O) groups is 5. The Hall–Kier alpha value is -1.99. The van der Waals surface area contributed by atoms with E-state index in [4.69, 9.17) is 11.5 Å². The van der Waals surface area contributed by atoms with E-state index in [0.717, 1.165) is 0 Å².